The van der Waals surface area contributed by atoms with Crippen molar-refractivity contribution in [3.8, 4) is 0 Å². The zero-order valence-corrected chi connectivity index (χ0v) is 19.4. The minimum absolute atomic E-state index is 0.0824. The Labute approximate surface area is 186 Å². The normalized spacial score (nSPS) is 13.5. The first-order valence-corrected chi connectivity index (χ1v) is 10.4. The Balaban J connectivity index is 2.24. The van der Waals surface area contributed by atoms with Gasteiger partial charge in [0.05, 0.1) is 28.4 Å². The fraction of sp³-hybridized carbons (Fsp3) is 0.292. The minimum atomic E-state index is -0.158. The molecule has 0 saturated carbocycles. The van der Waals surface area contributed by atoms with Gasteiger partial charge in [-0.2, -0.15) is 0 Å². The Kier molecular flexibility index (Phi) is 6.51. The smallest absolute Gasteiger partial charge is 0.196 e. The summed E-state index contributed by atoms with van der Waals surface area (Å²) < 4.78 is 6.34. The van der Waals surface area contributed by atoms with Crippen LogP contribution in [0.5, 0.6) is 0 Å². The van der Waals surface area contributed by atoms with E-state index in [1.54, 1.807) is 33.2 Å². The Morgan fingerprint density at radius 3 is 2.61 bits per heavy atom. The summed E-state index contributed by atoms with van der Waals surface area (Å²) in [4.78, 5) is 21.6. The second-order valence-electron chi connectivity index (χ2n) is 7.73. The lowest BCUT2D eigenvalue weighted by Crippen LogP contribution is -2.14. The predicted molar refractivity (Wildman–Crippen MR) is 129 cm³/mol. The molecule has 3 aromatic rings. The molecular weight excluding hydrogens is 412 g/mol. The van der Waals surface area contributed by atoms with Crippen LogP contribution in [0.4, 0.5) is 5.69 Å². The van der Waals surface area contributed by atoms with E-state index in [0.29, 0.717) is 38.7 Å². The van der Waals surface area contributed by atoms with Crippen LogP contribution in [0.3, 0.4) is 0 Å². The predicted octanol–water partition coefficient (Wildman–Crippen LogP) is 5.33. The zero-order valence-electron chi connectivity index (χ0n) is 18.6. The van der Waals surface area contributed by atoms with Crippen LogP contribution in [0.15, 0.2) is 44.2 Å². The largest absolute Gasteiger partial charge is 0.455 e. The van der Waals surface area contributed by atoms with Crippen molar-refractivity contribution < 1.29 is 4.42 Å². The lowest BCUT2D eigenvalue weighted by Gasteiger charge is -2.20. The third-order valence-corrected chi connectivity index (χ3v) is 5.42. The number of benzene rings is 1. The molecule has 3 N–H and O–H groups in total. The number of rotatable bonds is 5. The van der Waals surface area contributed by atoms with Gasteiger partial charge in [-0.05, 0) is 58.4 Å². The highest BCUT2D eigenvalue weighted by atomic mass is 35.5. The van der Waals surface area contributed by atoms with Gasteiger partial charge in [-0.3, -0.25) is 9.79 Å². The van der Waals surface area contributed by atoms with Crippen molar-refractivity contribution in [2.75, 3.05) is 12.4 Å². The number of nitrogens with zero attached hydrogens (tertiary/aromatic N) is 2. The molecule has 0 aliphatic carbocycles. The highest BCUT2D eigenvalue weighted by molar-refractivity contribution is 6.29. The number of fused-ring (bicyclic) bond motifs is 1. The Bertz CT molecular complexity index is 1270. The molecule has 0 fully saturated rings. The minimum Gasteiger partial charge on any atom is -0.455 e. The van der Waals surface area contributed by atoms with E-state index in [1.807, 2.05) is 39.0 Å². The van der Waals surface area contributed by atoms with E-state index in [0.717, 1.165) is 22.5 Å². The summed E-state index contributed by atoms with van der Waals surface area (Å²) in [7, 11) is 1.65. The maximum absolute atomic E-state index is 13.2. The van der Waals surface area contributed by atoms with Gasteiger partial charge in [0.15, 0.2) is 5.43 Å². The Hall–Kier alpha value is -3.12. The summed E-state index contributed by atoms with van der Waals surface area (Å²) in [5.41, 5.74) is 11.6. The summed E-state index contributed by atoms with van der Waals surface area (Å²) >= 11 is 5.99. The number of hydrogen-bond donors (Lipinski definition) is 2. The average molecular weight is 439 g/mol. The molecule has 7 heteroatoms. The zero-order chi connectivity index (χ0) is 22.9. The third-order valence-electron chi connectivity index (χ3n) is 5.21. The molecule has 2 aromatic heterocycles. The van der Waals surface area contributed by atoms with Crippen LogP contribution in [-0.4, -0.2) is 18.2 Å². The number of halogens is 1. The Morgan fingerprint density at radius 2 is 2.00 bits per heavy atom. The number of aromatic nitrogens is 1. The molecule has 0 aliphatic rings. The summed E-state index contributed by atoms with van der Waals surface area (Å²) in [6.45, 7) is 9.38. The number of allylic oxidation sites excluding steroid dienone is 2. The van der Waals surface area contributed by atoms with Crippen molar-refractivity contribution in [2.45, 2.75) is 40.7 Å². The molecule has 0 radical (unpaired) electrons. The van der Waals surface area contributed by atoms with E-state index in [4.69, 9.17) is 21.8 Å². The number of hydrogen-bond acceptors (Lipinski definition) is 6. The lowest BCUT2D eigenvalue weighted by molar-refractivity contribution is 0.575. The van der Waals surface area contributed by atoms with Crippen molar-refractivity contribution >= 4 is 40.0 Å². The van der Waals surface area contributed by atoms with Crippen molar-refractivity contribution in [3.05, 3.63) is 73.5 Å². The number of nitrogens with one attached hydrogen (secondary N) is 1. The monoisotopic (exact) mass is 438 g/mol. The fourth-order valence-corrected chi connectivity index (χ4v) is 3.80. The van der Waals surface area contributed by atoms with Gasteiger partial charge in [0.25, 0.3) is 0 Å². The molecule has 0 saturated heterocycles. The van der Waals surface area contributed by atoms with Crippen molar-refractivity contribution in [1.29, 1.82) is 0 Å². The van der Waals surface area contributed by atoms with Crippen LogP contribution in [0.1, 0.15) is 48.0 Å². The van der Waals surface area contributed by atoms with Crippen LogP contribution < -0.4 is 16.5 Å². The van der Waals surface area contributed by atoms with E-state index in [1.165, 1.54) is 0 Å². The first-order valence-electron chi connectivity index (χ1n) is 10.0. The van der Waals surface area contributed by atoms with Crippen LogP contribution in [0, 0.1) is 20.8 Å². The van der Waals surface area contributed by atoms with E-state index < -0.39 is 0 Å². The maximum Gasteiger partial charge on any atom is 0.196 e. The molecule has 31 heavy (non-hydrogen) atoms. The van der Waals surface area contributed by atoms with Crippen LogP contribution in [0.25, 0.3) is 16.5 Å². The number of nitrogens with two attached hydrogens (primary N) is 1. The number of anilines is 1. The van der Waals surface area contributed by atoms with Gasteiger partial charge in [-0.1, -0.05) is 17.7 Å². The molecule has 1 unspecified atom stereocenters. The SMILES string of the molecule is CN=C/C(=C(/C)N)c1oc2c(C(C)Nc3ccc(Cl)nc3C)cc(C)cc2c(=O)c1C. The van der Waals surface area contributed by atoms with E-state index in [-0.39, 0.29) is 11.5 Å². The molecular formula is C24H27ClN4O2. The summed E-state index contributed by atoms with van der Waals surface area (Å²) in [5.74, 6) is 0.435. The van der Waals surface area contributed by atoms with Gasteiger partial charge in [-0.25, -0.2) is 4.98 Å². The topological polar surface area (TPSA) is 93.5 Å². The molecule has 3 rings (SSSR count). The molecule has 1 aromatic carbocycles. The van der Waals surface area contributed by atoms with E-state index in [9.17, 15) is 4.79 Å². The standard InChI is InChI=1S/C24H27ClN4O2/c1-12-9-17(15(4)28-20-7-8-21(25)29-16(20)5)24-18(10-12)22(30)13(2)23(31-24)19(11-27-6)14(3)26/h7-11,15,28H,26H2,1-6H3/b19-14+,27-11?. The van der Waals surface area contributed by atoms with Gasteiger partial charge >= 0.3 is 0 Å². The van der Waals surface area contributed by atoms with E-state index in [2.05, 4.69) is 15.3 Å². The molecule has 0 spiro atoms. The molecule has 0 amide bonds. The molecule has 0 bridgehead atoms. The van der Waals surface area contributed by atoms with Gasteiger partial charge in [0.2, 0.25) is 0 Å². The highest BCUT2D eigenvalue weighted by Gasteiger charge is 2.20. The number of pyridine rings is 1. The lowest BCUT2D eigenvalue weighted by atomic mass is 9.98. The molecule has 2 heterocycles. The summed E-state index contributed by atoms with van der Waals surface area (Å²) in [5, 5.41) is 4.44. The van der Waals surface area contributed by atoms with Crippen LogP contribution >= 0.6 is 11.6 Å². The van der Waals surface area contributed by atoms with Crippen LogP contribution in [-0.2, 0) is 0 Å². The first kappa shape index (κ1) is 22.6. The molecule has 162 valence electrons. The second kappa shape index (κ2) is 8.94. The van der Waals surface area contributed by atoms with Crippen LogP contribution in [0.2, 0.25) is 5.15 Å². The number of aryl methyl sites for hydroxylation is 2. The number of aliphatic imine (C=N–C) groups is 1. The summed E-state index contributed by atoms with van der Waals surface area (Å²) in [6, 6.07) is 7.35. The first-order chi connectivity index (χ1) is 14.6. The molecule has 0 aliphatic heterocycles. The van der Waals surface area contributed by atoms with Gasteiger partial charge in [-0.15, -0.1) is 0 Å². The van der Waals surface area contributed by atoms with E-state index >= 15 is 0 Å². The van der Waals surface area contributed by atoms with Crippen molar-refractivity contribution in [2.24, 2.45) is 10.7 Å². The quantitative estimate of drug-likeness (QED) is 0.414. The molecule has 1 atom stereocenters. The third kappa shape index (κ3) is 4.49. The summed E-state index contributed by atoms with van der Waals surface area (Å²) in [6.07, 6.45) is 1.62. The average Bonchev–Trinajstić information content (AvgIpc) is 2.70. The highest BCUT2D eigenvalue weighted by Crippen LogP contribution is 2.31. The van der Waals surface area contributed by atoms with Crippen molar-refractivity contribution in [1.82, 2.24) is 4.98 Å². The van der Waals surface area contributed by atoms with Gasteiger partial charge in [0, 0.05) is 30.1 Å². The second-order valence-corrected chi connectivity index (χ2v) is 8.12. The van der Waals surface area contributed by atoms with Gasteiger partial charge < -0.3 is 15.5 Å². The maximum atomic E-state index is 13.2. The van der Waals surface area contributed by atoms with Crippen molar-refractivity contribution in [3.63, 3.8) is 0 Å². The fourth-order valence-electron chi connectivity index (χ4n) is 3.61. The van der Waals surface area contributed by atoms with Gasteiger partial charge in [0.1, 0.15) is 16.5 Å². The Morgan fingerprint density at radius 1 is 1.29 bits per heavy atom. The molecule has 6 nitrogen and oxygen atoms in total.